The molecule has 21 heavy (non-hydrogen) atoms. The lowest BCUT2D eigenvalue weighted by Crippen LogP contribution is -2.21. The first-order valence-corrected chi connectivity index (χ1v) is 8.10. The van der Waals surface area contributed by atoms with Gasteiger partial charge in [-0.15, -0.1) is 0 Å². The molecule has 1 N–H and O–H groups in total. The van der Waals surface area contributed by atoms with Crippen LogP contribution in [-0.2, 0) is 10.8 Å². The van der Waals surface area contributed by atoms with E-state index in [9.17, 15) is 5.11 Å². The molecular formula is C19H30O2. The van der Waals surface area contributed by atoms with Crippen LogP contribution >= 0.6 is 0 Å². The zero-order valence-corrected chi connectivity index (χ0v) is 14.4. The van der Waals surface area contributed by atoms with Crippen LogP contribution < -0.4 is 4.74 Å². The molecule has 0 amide bonds. The smallest absolute Gasteiger partial charge is 0.123 e. The van der Waals surface area contributed by atoms with E-state index in [0.29, 0.717) is 5.75 Å². The largest absolute Gasteiger partial charge is 0.507 e. The molecule has 0 unspecified atom stereocenters. The van der Waals surface area contributed by atoms with Crippen LogP contribution in [0.2, 0.25) is 0 Å². The van der Waals surface area contributed by atoms with Crippen LogP contribution in [0.25, 0.3) is 0 Å². The normalized spacial score (nSPS) is 16.7. The highest BCUT2D eigenvalue weighted by molar-refractivity contribution is 5.51. The van der Waals surface area contributed by atoms with Crippen molar-refractivity contribution in [2.45, 2.75) is 71.6 Å². The second-order valence-electron chi connectivity index (χ2n) is 8.47. The number of ether oxygens (including phenoxy) is 1. The number of aromatic hydroxyl groups is 1. The van der Waals surface area contributed by atoms with Crippen molar-refractivity contribution in [2.24, 2.45) is 5.92 Å². The van der Waals surface area contributed by atoms with Gasteiger partial charge in [-0.2, -0.15) is 0 Å². The Morgan fingerprint density at radius 2 is 1.48 bits per heavy atom. The Labute approximate surface area is 129 Å². The molecule has 0 saturated heterocycles. The molecule has 1 aliphatic rings. The van der Waals surface area contributed by atoms with E-state index in [0.717, 1.165) is 29.4 Å². The van der Waals surface area contributed by atoms with E-state index in [1.807, 2.05) is 12.1 Å². The first-order chi connectivity index (χ1) is 9.59. The molecule has 0 heterocycles. The minimum atomic E-state index is -0.0973. The first-order valence-electron chi connectivity index (χ1n) is 8.10. The number of hydrogen-bond acceptors (Lipinski definition) is 2. The van der Waals surface area contributed by atoms with Gasteiger partial charge < -0.3 is 9.84 Å². The zero-order valence-electron chi connectivity index (χ0n) is 14.4. The Morgan fingerprint density at radius 3 is 1.81 bits per heavy atom. The topological polar surface area (TPSA) is 29.5 Å². The van der Waals surface area contributed by atoms with Gasteiger partial charge in [-0.1, -0.05) is 48.0 Å². The molecule has 0 atom stereocenters. The molecular weight excluding hydrogens is 260 g/mol. The van der Waals surface area contributed by atoms with Crippen LogP contribution in [0.5, 0.6) is 11.5 Å². The molecule has 2 rings (SSSR count). The van der Waals surface area contributed by atoms with E-state index >= 15 is 0 Å². The summed E-state index contributed by atoms with van der Waals surface area (Å²) >= 11 is 0. The summed E-state index contributed by atoms with van der Waals surface area (Å²) in [4.78, 5) is 0. The summed E-state index contributed by atoms with van der Waals surface area (Å²) < 4.78 is 6.03. The average Bonchev–Trinajstić information content (AvgIpc) is 2.25. The Bertz CT molecular complexity index is 464. The van der Waals surface area contributed by atoms with Crippen molar-refractivity contribution in [3.05, 3.63) is 23.3 Å². The van der Waals surface area contributed by atoms with Gasteiger partial charge in [-0.3, -0.25) is 0 Å². The summed E-state index contributed by atoms with van der Waals surface area (Å²) in [5.41, 5.74) is 1.75. The maximum Gasteiger partial charge on any atom is 0.123 e. The minimum absolute atomic E-state index is 0.0973. The highest BCUT2D eigenvalue weighted by atomic mass is 16.5. The molecule has 1 fully saturated rings. The van der Waals surface area contributed by atoms with Crippen molar-refractivity contribution < 1.29 is 9.84 Å². The Balaban J connectivity index is 2.35. The lowest BCUT2D eigenvalue weighted by Gasteiger charge is -2.29. The van der Waals surface area contributed by atoms with Crippen molar-refractivity contribution in [3.8, 4) is 11.5 Å². The van der Waals surface area contributed by atoms with Gasteiger partial charge in [0.05, 0.1) is 6.61 Å². The average molecular weight is 290 g/mol. The summed E-state index contributed by atoms with van der Waals surface area (Å²) in [6, 6.07) is 4.03. The summed E-state index contributed by atoms with van der Waals surface area (Å²) in [5.74, 6) is 2.04. The molecule has 0 aromatic heterocycles. The number of hydrogen-bond donors (Lipinski definition) is 1. The van der Waals surface area contributed by atoms with E-state index in [1.165, 1.54) is 19.3 Å². The third kappa shape index (κ3) is 3.72. The summed E-state index contributed by atoms with van der Waals surface area (Å²) in [5, 5.41) is 10.7. The standard InChI is InChI=1S/C19H30O2/c1-18(2,3)15-10-14(21-12-13-8-7-9-13)11-16(17(15)20)19(4,5)6/h10-11,13,20H,7-9,12H2,1-6H3. The second kappa shape index (κ2) is 5.55. The fourth-order valence-corrected chi connectivity index (χ4v) is 2.71. The van der Waals surface area contributed by atoms with E-state index in [4.69, 9.17) is 4.74 Å². The van der Waals surface area contributed by atoms with Crippen LogP contribution in [0.15, 0.2) is 12.1 Å². The second-order valence-corrected chi connectivity index (χ2v) is 8.47. The van der Waals surface area contributed by atoms with Crippen LogP contribution in [-0.4, -0.2) is 11.7 Å². The molecule has 1 aromatic carbocycles. The molecule has 0 bridgehead atoms. The maximum absolute atomic E-state index is 10.7. The van der Waals surface area contributed by atoms with Crippen LogP contribution in [0.1, 0.15) is 71.9 Å². The molecule has 118 valence electrons. The lowest BCUT2D eigenvalue weighted by molar-refractivity contribution is 0.180. The summed E-state index contributed by atoms with van der Waals surface area (Å²) in [6.45, 7) is 13.6. The number of phenolic OH excluding ortho intramolecular Hbond substituents is 1. The monoisotopic (exact) mass is 290 g/mol. The third-order valence-corrected chi connectivity index (χ3v) is 4.41. The lowest BCUT2D eigenvalue weighted by atomic mass is 9.79. The van der Waals surface area contributed by atoms with Crippen LogP contribution in [0.4, 0.5) is 0 Å². The fourth-order valence-electron chi connectivity index (χ4n) is 2.71. The Hall–Kier alpha value is -1.18. The maximum atomic E-state index is 10.7. The molecule has 1 saturated carbocycles. The Morgan fingerprint density at radius 1 is 1.00 bits per heavy atom. The van der Waals surface area contributed by atoms with Crippen molar-refractivity contribution in [2.75, 3.05) is 6.61 Å². The van der Waals surface area contributed by atoms with Gasteiger partial charge in [0.15, 0.2) is 0 Å². The Kier molecular flexibility index (Phi) is 4.28. The van der Waals surface area contributed by atoms with Crippen molar-refractivity contribution in [3.63, 3.8) is 0 Å². The summed E-state index contributed by atoms with van der Waals surface area (Å²) in [7, 11) is 0. The van der Waals surface area contributed by atoms with Gasteiger partial charge in [-0.05, 0) is 41.7 Å². The molecule has 2 heteroatoms. The number of phenols is 1. The third-order valence-electron chi connectivity index (χ3n) is 4.41. The van der Waals surface area contributed by atoms with Crippen molar-refractivity contribution in [1.29, 1.82) is 0 Å². The quantitative estimate of drug-likeness (QED) is 0.832. The van der Waals surface area contributed by atoms with Gasteiger partial charge in [0.25, 0.3) is 0 Å². The zero-order chi connectivity index (χ0) is 15.8. The molecule has 0 spiro atoms. The fraction of sp³-hybridized carbons (Fsp3) is 0.684. The SMILES string of the molecule is CC(C)(C)c1cc(OCC2CCC2)cc(C(C)(C)C)c1O. The molecule has 0 aliphatic heterocycles. The highest BCUT2D eigenvalue weighted by Crippen LogP contribution is 2.42. The predicted octanol–water partition coefficient (Wildman–Crippen LogP) is 5.17. The van der Waals surface area contributed by atoms with Crippen molar-refractivity contribution >= 4 is 0 Å². The van der Waals surface area contributed by atoms with Gasteiger partial charge in [0.1, 0.15) is 11.5 Å². The van der Waals surface area contributed by atoms with Crippen LogP contribution in [0, 0.1) is 5.92 Å². The number of rotatable bonds is 3. The highest BCUT2D eigenvalue weighted by Gasteiger charge is 2.27. The first kappa shape index (κ1) is 16.2. The molecule has 0 radical (unpaired) electrons. The van der Waals surface area contributed by atoms with E-state index < -0.39 is 0 Å². The van der Waals surface area contributed by atoms with Gasteiger partial charge >= 0.3 is 0 Å². The minimum Gasteiger partial charge on any atom is -0.507 e. The van der Waals surface area contributed by atoms with Crippen LogP contribution in [0.3, 0.4) is 0 Å². The molecule has 1 aromatic rings. The predicted molar refractivity (Wildman–Crippen MR) is 88.3 cm³/mol. The van der Waals surface area contributed by atoms with E-state index in [-0.39, 0.29) is 10.8 Å². The van der Waals surface area contributed by atoms with Crippen molar-refractivity contribution in [1.82, 2.24) is 0 Å². The number of benzene rings is 1. The van der Waals surface area contributed by atoms with Gasteiger partial charge in [0.2, 0.25) is 0 Å². The molecule has 2 nitrogen and oxygen atoms in total. The van der Waals surface area contributed by atoms with Gasteiger partial charge in [-0.25, -0.2) is 0 Å². The molecule has 1 aliphatic carbocycles. The summed E-state index contributed by atoms with van der Waals surface area (Å²) in [6.07, 6.45) is 3.91. The van der Waals surface area contributed by atoms with E-state index in [2.05, 4.69) is 41.5 Å². The van der Waals surface area contributed by atoms with E-state index in [1.54, 1.807) is 0 Å². The van der Waals surface area contributed by atoms with Gasteiger partial charge in [0, 0.05) is 11.1 Å².